The van der Waals surface area contributed by atoms with Crippen molar-refractivity contribution < 1.29 is 14.0 Å². The molecule has 1 rings (SSSR count). The Morgan fingerprint density at radius 3 is 2.41 bits per heavy atom. The van der Waals surface area contributed by atoms with E-state index in [1.807, 2.05) is 0 Å². The van der Waals surface area contributed by atoms with Gasteiger partial charge in [-0.05, 0) is 24.3 Å². The summed E-state index contributed by atoms with van der Waals surface area (Å²) in [5, 5.41) is 4.92. The molecule has 0 aliphatic carbocycles. The lowest BCUT2D eigenvalue weighted by molar-refractivity contribution is -0.124. The summed E-state index contributed by atoms with van der Waals surface area (Å²) in [7, 11) is 0. The first-order chi connectivity index (χ1) is 8.11. The van der Waals surface area contributed by atoms with Gasteiger partial charge in [0.05, 0.1) is 6.54 Å². The van der Waals surface area contributed by atoms with Gasteiger partial charge in [0.2, 0.25) is 11.8 Å². The lowest BCUT2D eigenvalue weighted by Crippen LogP contribution is -2.33. The van der Waals surface area contributed by atoms with Crippen molar-refractivity contribution in [2.24, 2.45) is 5.73 Å². The number of nitrogens with one attached hydrogen (secondary N) is 2. The monoisotopic (exact) mass is 239 g/mol. The van der Waals surface area contributed by atoms with E-state index < -0.39 is 0 Å². The van der Waals surface area contributed by atoms with Crippen molar-refractivity contribution in [3.05, 3.63) is 30.1 Å². The summed E-state index contributed by atoms with van der Waals surface area (Å²) in [5.41, 5.74) is 5.65. The van der Waals surface area contributed by atoms with Gasteiger partial charge in [-0.3, -0.25) is 9.59 Å². The topological polar surface area (TPSA) is 84.2 Å². The number of carbonyl (C=O) groups excluding carboxylic acids is 2. The molecule has 1 aromatic carbocycles. The van der Waals surface area contributed by atoms with Crippen LogP contribution < -0.4 is 16.4 Å². The largest absolute Gasteiger partial charge is 0.347 e. The first-order valence-electron chi connectivity index (χ1n) is 5.14. The van der Waals surface area contributed by atoms with Crippen LogP contribution in [0.2, 0.25) is 0 Å². The number of anilines is 1. The molecule has 0 aromatic heterocycles. The van der Waals surface area contributed by atoms with E-state index in [0.29, 0.717) is 5.69 Å². The van der Waals surface area contributed by atoms with Crippen molar-refractivity contribution in [2.75, 3.05) is 18.4 Å². The van der Waals surface area contributed by atoms with Gasteiger partial charge in [-0.25, -0.2) is 4.39 Å². The van der Waals surface area contributed by atoms with Crippen LogP contribution in [-0.2, 0) is 9.59 Å². The molecule has 0 saturated heterocycles. The van der Waals surface area contributed by atoms with Crippen molar-refractivity contribution in [3.63, 3.8) is 0 Å². The molecule has 0 aliphatic rings. The normalized spacial score (nSPS) is 9.76. The second-order valence-corrected chi connectivity index (χ2v) is 3.37. The Kier molecular flexibility index (Phi) is 5.09. The van der Waals surface area contributed by atoms with Crippen molar-refractivity contribution in [3.8, 4) is 0 Å². The van der Waals surface area contributed by atoms with E-state index in [0.717, 1.165) is 0 Å². The van der Waals surface area contributed by atoms with Crippen LogP contribution in [0, 0.1) is 5.82 Å². The fourth-order valence-corrected chi connectivity index (χ4v) is 1.14. The van der Waals surface area contributed by atoms with Gasteiger partial charge in [-0.1, -0.05) is 0 Å². The summed E-state index contributed by atoms with van der Waals surface area (Å²) in [6.45, 7) is 0.113. The fraction of sp³-hybridized carbons (Fsp3) is 0.273. The second kappa shape index (κ2) is 6.59. The van der Waals surface area contributed by atoms with E-state index in [2.05, 4.69) is 10.6 Å². The maximum Gasteiger partial charge on any atom is 0.243 e. The van der Waals surface area contributed by atoms with Crippen LogP contribution >= 0.6 is 0 Å². The molecule has 0 fully saturated rings. The smallest absolute Gasteiger partial charge is 0.243 e. The number of carbonyl (C=O) groups is 2. The van der Waals surface area contributed by atoms with E-state index in [4.69, 9.17) is 5.73 Å². The van der Waals surface area contributed by atoms with Crippen LogP contribution in [0.25, 0.3) is 0 Å². The number of halogens is 1. The molecule has 0 atom stereocenters. The average molecular weight is 239 g/mol. The second-order valence-electron chi connectivity index (χ2n) is 3.37. The predicted octanol–water partition coefficient (Wildman–Crippen LogP) is 0.229. The van der Waals surface area contributed by atoms with Crippen LogP contribution in [0.15, 0.2) is 24.3 Å². The molecule has 0 bridgehead atoms. The highest BCUT2D eigenvalue weighted by Gasteiger charge is 2.05. The summed E-state index contributed by atoms with van der Waals surface area (Å²) in [5.74, 6) is -1.03. The van der Waals surface area contributed by atoms with E-state index in [-0.39, 0.29) is 37.1 Å². The molecular weight excluding hydrogens is 225 g/mol. The molecule has 17 heavy (non-hydrogen) atoms. The minimum atomic E-state index is -0.376. The van der Waals surface area contributed by atoms with Crippen LogP contribution in [0.4, 0.5) is 10.1 Å². The summed E-state index contributed by atoms with van der Waals surface area (Å²) in [6, 6.07) is 5.36. The minimum absolute atomic E-state index is 0.129. The zero-order valence-electron chi connectivity index (χ0n) is 9.20. The molecular formula is C11H14FN3O2. The van der Waals surface area contributed by atoms with Crippen LogP contribution in [0.1, 0.15) is 6.42 Å². The average Bonchev–Trinajstić information content (AvgIpc) is 2.30. The lowest BCUT2D eigenvalue weighted by Gasteiger charge is -2.06. The maximum atomic E-state index is 12.6. The van der Waals surface area contributed by atoms with Gasteiger partial charge in [0.15, 0.2) is 0 Å². The first kappa shape index (κ1) is 13.1. The molecule has 0 saturated carbocycles. The Morgan fingerprint density at radius 1 is 1.18 bits per heavy atom. The molecule has 92 valence electrons. The van der Waals surface area contributed by atoms with Gasteiger partial charge in [-0.2, -0.15) is 0 Å². The van der Waals surface area contributed by atoms with Crippen LogP contribution in [-0.4, -0.2) is 24.9 Å². The SMILES string of the molecule is NCCC(=O)NCC(=O)Nc1ccc(F)cc1. The van der Waals surface area contributed by atoms with Crippen LogP contribution in [0.3, 0.4) is 0 Å². The van der Waals surface area contributed by atoms with Crippen LogP contribution in [0.5, 0.6) is 0 Å². The third kappa shape index (κ3) is 5.07. The molecule has 0 unspecified atom stereocenters. The standard InChI is InChI=1S/C11H14FN3O2/c12-8-1-3-9(4-2-8)15-11(17)7-14-10(16)5-6-13/h1-4H,5-7,13H2,(H,14,16)(H,15,17). The number of amides is 2. The van der Waals surface area contributed by atoms with Crippen molar-refractivity contribution in [1.29, 1.82) is 0 Å². The number of rotatable bonds is 5. The summed E-state index contributed by atoms with van der Waals surface area (Å²) in [4.78, 5) is 22.4. The van der Waals surface area contributed by atoms with E-state index in [9.17, 15) is 14.0 Å². The van der Waals surface area contributed by atoms with Crippen molar-refractivity contribution >= 4 is 17.5 Å². The summed E-state index contributed by atoms with van der Waals surface area (Å²) < 4.78 is 12.6. The first-order valence-corrected chi connectivity index (χ1v) is 5.14. The molecule has 0 aliphatic heterocycles. The van der Waals surface area contributed by atoms with Gasteiger partial charge in [0, 0.05) is 18.7 Å². The van der Waals surface area contributed by atoms with Crippen molar-refractivity contribution in [1.82, 2.24) is 5.32 Å². The Bertz CT molecular complexity index is 392. The lowest BCUT2D eigenvalue weighted by atomic mass is 10.3. The van der Waals surface area contributed by atoms with E-state index in [1.165, 1.54) is 24.3 Å². The summed E-state index contributed by atoms with van der Waals surface area (Å²) in [6.07, 6.45) is 0.184. The zero-order chi connectivity index (χ0) is 12.7. The zero-order valence-corrected chi connectivity index (χ0v) is 9.20. The Balaban J connectivity index is 2.34. The fourth-order valence-electron chi connectivity index (χ4n) is 1.14. The molecule has 4 N–H and O–H groups in total. The quantitative estimate of drug-likeness (QED) is 0.687. The minimum Gasteiger partial charge on any atom is -0.347 e. The highest BCUT2D eigenvalue weighted by Crippen LogP contribution is 2.07. The number of nitrogens with two attached hydrogens (primary N) is 1. The van der Waals surface area contributed by atoms with Gasteiger partial charge in [-0.15, -0.1) is 0 Å². The van der Waals surface area contributed by atoms with Gasteiger partial charge < -0.3 is 16.4 Å². The molecule has 1 aromatic rings. The Labute approximate surface area is 98.2 Å². The Morgan fingerprint density at radius 2 is 1.82 bits per heavy atom. The summed E-state index contributed by atoms with van der Waals surface area (Å²) >= 11 is 0. The van der Waals surface area contributed by atoms with Gasteiger partial charge in [0.1, 0.15) is 5.82 Å². The van der Waals surface area contributed by atoms with E-state index >= 15 is 0 Å². The molecule has 2 amide bonds. The number of hydrogen-bond donors (Lipinski definition) is 3. The van der Waals surface area contributed by atoms with Gasteiger partial charge >= 0.3 is 0 Å². The molecule has 0 heterocycles. The third-order valence-electron chi connectivity index (χ3n) is 1.95. The Hall–Kier alpha value is -1.95. The third-order valence-corrected chi connectivity index (χ3v) is 1.95. The highest BCUT2D eigenvalue weighted by atomic mass is 19.1. The molecule has 5 nitrogen and oxygen atoms in total. The number of benzene rings is 1. The van der Waals surface area contributed by atoms with E-state index in [1.54, 1.807) is 0 Å². The predicted molar refractivity (Wildman–Crippen MR) is 61.7 cm³/mol. The molecule has 6 heteroatoms. The molecule has 0 radical (unpaired) electrons. The van der Waals surface area contributed by atoms with Crippen molar-refractivity contribution in [2.45, 2.75) is 6.42 Å². The van der Waals surface area contributed by atoms with Gasteiger partial charge in [0.25, 0.3) is 0 Å². The molecule has 0 spiro atoms. The number of hydrogen-bond acceptors (Lipinski definition) is 3. The highest BCUT2D eigenvalue weighted by molar-refractivity contribution is 5.94. The maximum absolute atomic E-state index is 12.6.